The number of rotatable bonds is 6. The van der Waals surface area contributed by atoms with Crippen molar-refractivity contribution < 1.29 is 14.7 Å². The molecule has 1 aliphatic rings. The summed E-state index contributed by atoms with van der Waals surface area (Å²) >= 11 is 0. The molecule has 0 spiro atoms. The van der Waals surface area contributed by atoms with Crippen LogP contribution in [0.1, 0.15) is 40.7 Å². The van der Waals surface area contributed by atoms with Crippen molar-refractivity contribution in [2.24, 2.45) is 0 Å². The number of Topliss-reactive ketones (excluding diaryl/α,β-unsaturated/α-hetero) is 1. The maximum Gasteiger partial charge on any atom is 0.305 e. The molecule has 0 bridgehead atoms. The maximum absolute atomic E-state index is 12.4. The van der Waals surface area contributed by atoms with Gasteiger partial charge in [-0.15, -0.1) is 0 Å². The highest BCUT2D eigenvalue weighted by molar-refractivity contribution is 6.02. The molecule has 2 N–H and O–H groups in total. The Hall–Kier alpha value is -1.68. The van der Waals surface area contributed by atoms with E-state index in [0.717, 1.165) is 24.0 Å². The topological polar surface area (TPSA) is 66.4 Å². The highest BCUT2D eigenvalue weighted by Gasteiger charge is 2.30. The van der Waals surface area contributed by atoms with Gasteiger partial charge in [-0.1, -0.05) is 12.1 Å². The van der Waals surface area contributed by atoms with Crippen LogP contribution in [0.5, 0.6) is 0 Å². The Balaban J connectivity index is 2.16. The van der Waals surface area contributed by atoms with Crippen LogP contribution in [-0.4, -0.2) is 28.9 Å². The fourth-order valence-corrected chi connectivity index (χ4v) is 2.03. The number of carboxylic acids is 1. The third-order valence-corrected chi connectivity index (χ3v) is 3.50. The molecule has 1 fully saturated rings. The molecular formula is C15H19NO3. The third-order valence-electron chi connectivity index (χ3n) is 3.50. The van der Waals surface area contributed by atoms with Crippen molar-refractivity contribution in [2.75, 3.05) is 0 Å². The monoisotopic (exact) mass is 261 g/mol. The van der Waals surface area contributed by atoms with E-state index < -0.39 is 12.0 Å². The molecule has 0 amide bonds. The number of nitrogens with one attached hydrogen (secondary N) is 1. The van der Waals surface area contributed by atoms with E-state index >= 15 is 0 Å². The van der Waals surface area contributed by atoms with E-state index in [9.17, 15) is 9.59 Å². The van der Waals surface area contributed by atoms with Crippen molar-refractivity contribution in [3.8, 4) is 0 Å². The summed E-state index contributed by atoms with van der Waals surface area (Å²) in [6, 6.07) is 5.19. The number of carbonyl (C=O) groups excluding carboxylic acids is 1. The summed E-state index contributed by atoms with van der Waals surface area (Å²) in [6.45, 7) is 3.94. The lowest BCUT2D eigenvalue weighted by molar-refractivity contribution is -0.137. The quantitative estimate of drug-likeness (QED) is 0.769. The van der Waals surface area contributed by atoms with Crippen LogP contribution in [0.3, 0.4) is 0 Å². The molecule has 19 heavy (non-hydrogen) atoms. The van der Waals surface area contributed by atoms with E-state index in [4.69, 9.17) is 5.11 Å². The number of ketones is 1. The van der Waals surface area contributed by atoms with Gasteiger partial charge in [-0.05, 0) is 43.9 Å². The van der Waals surface area contributed by atoms with Gasteiger partial charge in [0, 0.05) is 11.6 Å². The summed E-state index contributed by atoms with van der Waals surface area (Å²) in [7, 11) is 0. The van der Waals surface area contributed by atoms with Crippen molar-refractivity contribution in [3.63, 3.8) is 0 Å². The largest absolute Gasteiger partial charge is 0.481 e. The number of hydrogen-bond donors (Lipinski definition) is 2. The maximum atomic E-state index is 12.4. The van der Waals surface area contributed by atoms with Crippen LogP contribution in [0.15, 0.2) is 18.2 Å². The zero-order valence-corrected chi connectivity index (χ0v) is 11.3. The zero-order chi connectivity index (χ0) is 14.0. The highest BCUT2D eigenvalue weighted by atomic mass is 16.4. The minimum Gasteiger partial charge on any atom is -0.481 e. The molecule has 0 saturated heterocycles. The number of hydrogen-bond acceptors (Lipinski definition) is 3. The van der Waals surface area contributed by atoms with Gasteiger partial charge in [-0.2, -0.15) is 0 Å². The van der Waals surface area contributed by atoms with Gasteiger partial charge in [0.1, 0.15) is 0 Å². The van der Waals surface area contributed by atoms with Gasteiger partial charge in [-0.25, -0.2) is 0 Å². The van der Waals surface area contributed by atoms with Crippen molar-refractivity contribution in [3.05, 3.63) is 34.9 Å². The zero-order valence-electron chi connectivity index (χ0n) is 11.3. The molecule has 0 aliphatic heterocycles. The van der Waals surface area contributed by atoms with Crippen LogP contribution in [0.25, 0.3) is 0 Å². The van der Waals surface area contributed by atoms with Crippen molar-refractivity contribution >= 4 is 11.8 Å². The van der Waals surface area contributed by atoms with E-state index in [0.29, 0.717) is 11.6 Å². The summed E-state index contributed by atoms with van der Waals surface area (Å²) in [5.74, 6) is -1.08. The van der Waals surface area contributed by atoms with Crippen molar-refractivity contribution in [2.45, 2.75) is 45.2 Å². The van der Waals surface area contributed by atoms with Crippen LogP contribution in [0.4, 0.5) is 0 Å². The lowest BCUT2D eigenvalue weighted by Gasteiger charge is -2.16. The van der Waals surface area contributed by atoms with E-state index in [1.807, 2.05) is 26.0 Å². The van der Waals surface area contributed by atoms with Crippen LogP contribution >= 0.6 is 0 Å². The smallest absolute Gasteiger partial charge is 0.305 e. The Morgan fingerprint density at radius 2 is 2.00 bits per heavy atom. The second-order valence-corrected chi connectivity index (χ2v) is 5.25. The van der Waals surface area contributed by atoms with Crippen LogP contribution in [0.2, 0.25) is 0 Å². The molecule has 102 valence electrons. The third kappa shape index (κ3) is 3.64. The number of aliphatic carboxylic acids is 1. The van der Waals surface area contributed by atoms with Gasteiger partial charge >= 0.3 is 5.97 Å². The first kappa shape index (κ1) is 13.7. The first-order valence-electron chi connectivity index (χ1n) is 6.56. The molecule has 0 radical (unpaired) electrons. The molecule has 1 aromatic carbocycles. The summed E-state index contributed by atoms with van der Waals surface area (Å²) < 4.78 is 0. The summed E-state index contributed by atoms with van der Waals surface area (Å²) in [4.78, 5) is 23.3. The van der Waals surface area contributed by atoms with Gasteiger partial charge in [-0.3, -0.25) is 9.59 Å². The Labute approximate surface area is 112 Å². The Kier molecular flexibility index (Phi) is 4.00. The minimum absolute atomic E-state index is 0.127. The molecule has 4 nitrogen and oxygen atoms in total. The molecule has 1 atom stereocenters. The highest BCUT2D eigenvalue weighted by Crippen LogP contribution is 2.21. The van der Waals surface area contributed by atoms with Gasteiger partial charge in [0.2, 0.25) is 0 Å². The van der Waals surface area contributed by atoms with Gasteiger partial charge in [0.25, 0.3) is 0 Å². The standard InChI is InChI=1S/C15H19NO3/c1-9-3-4-11(7-10(9)2)15(19)13(8-14(17)18)16-12-5-6-12/h3-4,7,12-13,16H,5-6,8H2,1-2H3,(H,17,18). The molecule has 1 unspecified atom stereocenters. The molecule has 0 heterocycles. The molecule has 0 aromatic heterocycles. The average molecular weight is 261 g/mol. The SMILES string of the molecule is Cc1ccc(C(=O)C(CC(=O)O)NC2CC2)cc1C. The van der Waals surface area contributed by atoms with Gasteiger partial charge in [0.15, 0.2) is 5.78 Å². The van der Waals surface area contributed by atoms with E-state index in [1.165, 1.54) is 0 Å². The number of carbonyl (C=O) groups is 2. The van der Waals surface area contributed by atoms with Crippen LogP contribution in [0, 0.1) is 13.8 Å². The molecule has 1 aliphatic carbocycles. The predicted molar refractivity (Wildman–Crippen MR) is 72.4 cm³/mol. The fraction of sp³-hybridized carbons (Fsp3) is 0.467. The summed E-state index contributed by atoms with van der Waals surface area (Å²) in [5.41, 5.74) is 2.76. The number of aryl methyl sites for hydroxylation is 2. The number of carboxylic acid groups (broad SMARTS) is 1. The van der Waals surface area contributed by atoms with Crippen molar-refractivity contribution in [1.82, 2.24) is 5.32 Å². The van der Waals surface area contributed by atoms with Gasteiger partial charge in [0.05, 0.1) is 12.5 Å². The molecule has 1 saturated carbocycles. The van der Waals surface area contributed by atoms with Gasteiger partial charge < -0.3 is 10.4 Å². The molecule has 1 aromatic rings. The average Bonchev–Trinajstić information content (AvgIpc) is 3.14. The lowest BCUT2D eigenvalue weighted by Crippen LogP contribution is -2.40. The lowest BCUT2D eigenvalue weighted by atomic mass is 9.98. The summed E-state index contributed by atoms with van der Waals surface area (Å²) in [6.07, 6.45) is 1.88. The predicted octanol–water partition coefficient (Wildman–Crippen LogP) is 2.08. The van der Waals surface area contributed by atoms with Crippen molar-refractivity contribution in [1.29, 1.82) is 0 Å². The first-order valence-corrected chi connectivity index (χ1v) is 6.56. The van der Waals surface area contributed by atoms with E-state index in [-0.39, 0.29) is 12.2 Å². The number of benzene rings is 1. The molecule has 4 heteroatoms. The van der Waals surface area contributed by atoms with Crippen LogP contribution in [-0.2, 0) is 4.79 Å². The van der Waals surface area contributed by atoms with Crippen LogP contribution < -0.4 is 5.32 Å². The summed E-state index contributed by atoms with van der Waals surface area (Å²) in [5, 5.41) is 12.0. The normalized spacial score (nSPS) is 16.1. The Morgan fingerprint density at radius 3 is 2.53 bits per heavy atom. The second kappa shape index (κ2) is 5.53. The molecule has 2 rings (SSSR count). The second-order valence-electron chi connectivity index (χ2n) is 5.25. The fourth-order valence-electron chi connectivity index (χ4n) is 2.03. The first-order chi connectivity index (χ1) is 8.97. The minimum atomic E-state index is -0.949. The van der Waals surface area contributed by atoms with E-state index in [1.54, 1.807) is 6.07 Å². The molecular weight excluding hydrogens is 242 g/mol. The van der Waals surface area contributed by atoms with E-state index in [2.05, 4.69) is 5.32 Å². The Bertz CT molecular complexity index is 506. The Morgan fingerprint density at radius 1 is 1.32 bits per heavy atom.